The van der Waals surface area contributed by atoms with Crippen molar-refractivity contribution in [2.24, 2.45) is 0 Å². The first-order valence-corrected chi connectivity index (χ1v) is 13.3. The first kappa shape index (κ1) is 25.8. The van der Waals surface area contributed by atoms with E-state index in [2.05, 4.69) is 15.9 Å². The maximum atomic E-state index is 15.3. The number of sulfone groups is 1. The van der Waals surface area contributed by atoms with Crippen LogP contribution in [0.4, 0.5) is 10.1 Å². The predicted molar refractivity (Wildman–Crippen MR) is 142 cm³/mol. The molecule has 7 nitrogen and oxygen atoms in total. The van der Waals surface area contributed by atoms with Crippen molar-refractivity contribution in [1.29, 1.82) is 0 Å². The molecule has 0 saturated carbocycles. The van der Waals surface area contributed by atoms with Gasteiger partial charge in [-0.3, -0.25) is 9.59 Å². The number of benzene rings is 3. The van der Waals surface area contributed by atoms with Crippen LogP contribution in [0.1, 0.15) is 32.6 Å². The van der Waals surface area contributed by atoms with Gasteiger partial charge in [-0.15, -0.1) is 6.42 Å². The van der Waals surface area contributed by atoms with Crippen molar-refractivity contribution >= 4 is 32.2 Å². The third-order valence-corrected chi connectivity index (χ3v) is 7.24. The van der Waals surface area contributed by atoms with Crippen LogP contribution in [0, 0.1) is 25.1 Å². The van der Waals surface area contributed by atoms with Gasteiger partial charge in [0.2, 0.25) is 0 Å². The highest BCUT2D eigenvalue weighted by molar-refractivity contribution is 7.91. The third-order valence-electron chi connectivity index (χ3n) is 5.90. The molecule has 0 spiro atoms. The van der Waals surface area contributed by atoms with Gasteiger partial charge in [0.1, 0.15) is 16.9 Å². The van der Waals surface area contributed by atoms with Crippen molar-refractivity contribution in [2.45, 2.75) is 18.7 Å². The summed E-state index contributed by atoms with van der Waals surface area (Å²) in [6.07, 6.45) is 6.50. The second kappa shape index (κ2) is 10.4. The molecule has 37 heavy (non-hydrogen) atoms. The van der Waals surface area contributed by atoms with Crippen LogP contribution in [-0.4, -0.2) is 37.0 Å². The fourth-order valence-corrected chi connectivity index (χ4v) is 5.40. The number of nitrogens with one attached hydrogen (secondary N) is 1. The number of hydrogen-bond donors (Lipinski definition) is 1. The molecule has 0 aliphatic rings. The summed E-state index contributed by atoms with van der Waals surface area (Å²) in [6.45, 7) is 2.09. The number of nitrogens with zero attached hydrogens (tertiary/aromatic N) is 2. The van der Waals surface area contributed by atoms with Gasteiger partial charge in [-0.05, 0) is 48.4 Å². The molecule has 3 aromatic carbocycles. The van der Waals surface area contributed by atoms with Crippen molar-refractivity contribution in [3.05, 3.63) is 105 Å². The van der Waals surface area contributed by atoms with Gasteiger partial charge in [-0.25, -0.2) is 17.8 Å². The van der Waals surface area contributed by atoms with Gasteiger partial charge in [0, 0.05) is 18.5 Å². The third kappa shape index (κ3) is 5.60. The number of aromatic nitrogens is 2. The van der Waals surface area contributed by atoms with Crippen molar-refractivity contribution in [3.63, 3.8) is 0 Å². The highest BCUT2D eigenvalue weighted by Crippen LogP contribution is 2.29. The summed E-state index contributed by atoms with van der Waals surface area (Å²) < 4.78 is 40.2. The Kier molecular flexibility index (Phi) is 7.23. The SMILES string of the molecule is C#CCN(Cc1ccc2nc(C)[nH]c(=O)c2c1)c1ccc(C(=O)C(c2ccccc2)S(C)(=O)=O)c(F)c1. The zero-order valence-electron chi connectivity index (χ0n) is 20.2. The first-order valence-electron chi connectivity index (χ1n) is 11.3. The lowest BCUT2D eigenvalue weighted by atomic mass is 10.0. The number of ketones is 1. The molecule has 1 aromatic heterocycles. The standard InChI is InChI=1S/C28H24FN3O4S/c1-4-14-32(17-19-10-13-25-23(15-19)28(34)31-18(2)30-25)21-11-12-22(24(29)16-21)26(33)27(37(3,35)36)20-8-6-5-7-9-20/h1,5-13,15-16,27H,14,17H2,2-3H3,(H,30,31,34). The number of terminal acetylenes is 1. The summed E-state index contributed by atoms with van der Waals surface area (Å²) in [7, 11) is -3.87. The zero-order valence-corrected chi connectivity index (χ0v) is 21.0. The van der Waals surface area contributed by atoms with E-state index in [-0.39, 0.29) is 29.8 Å². The molecule has 0 aliphatic heterocycles. The van der Waals surface area contributed by atoms with Crippen LogP contribution in [0.25, 0.3) is 10.9 Å². The van der Waals surface area contributed by atoms with Crippen LogP contribution >= 0.6 is 0 Å². The number of H-pyrrole nitrogens is 1. The molecular formula is C28H24FN3O4S. The number of rotatable bonds is 8. The van der Waals surface area contributed by atoms with E-state index in [1.165, 1.54) is 24.3 Å². The van der Waals surface area contributed by atoms with E-state index in [1.807, 2.05) is 6.07 Å². The van der Waals surface area contributed by atoms with E-state index in [0.29, 0.717) is 22.4 Å². The van der Waals surface area contributed by atoms with Gasteiger partial charge in [0.25, 0.3) is 5.56 Å². The van der Waals surface area contributed by atoms with E-state index < -0.39 is 26.7 Å². The molecule has 1 N–H and O–H groups in total. The number of anilines is 1. The summed E-state index contributed by atoms with van der Waals surface area (Å²) in [5.41, 5.74) is 1.38. The number of halogens is 1. The lowest BCUT2D eigenvalue weighted by Gasteiger charge is -2.23. The lowest BCUT2D eigenvalue weighted by molar-refractivity contribution is 0.0983. The molecule has 0 aliphatic carbocycles. The van der Waals surface area contributed by atoms with E-state index in [9.17, 15) is 18.0 Å². The Balaban J connectivity index is 1.66. The monoisotopic (exact) mass is 517 g/mol. The first-order chi connectivity index (χ1) is 17.6. The topological polar surface area (TPSA) is 100 Å². The van der Waals surface area contributed by atoms with Gasteiger partial charge in [-0.1, -0.05) is 42.3 Å². The second-order valence-electron chi connectivity index (χ2n) is 8.71. The predicted octanol–water partition coefficient (Wildman–Crippen LogP) is 3.98. The molecule has 0 bridgehead atoms. The van der Waals surface area contributed by atoms with Crippen molar-refractivity contribution in [1.82, 2.24) is 9.97 Å². The van der Waals surface area contributed by atoms with Gasteiger partial charge >= 0.3 is 0 Å². The lowest BCUT2D eigenvalue weighted by Crippen LogP contribution is -2.25. The molecule has 1 unspecified atom stereocenters. The number of Topliss-reactive ketones (excluding diaryl/α,β-unsaturated/α-hetero) is 1. The van der Waals surface area contributed by atoms with Crippen LogP contribution < -0.4 is 10.5 Å². The number of aromatic amines is 1. The Morgan fingerprint density at radius 3 is 2.51 bits per heavy atom. The van der Waals surface area contributed by atoms with Crippen LogP contribution in [0.3, 0.4) is 0 Å². The zero-order chi connectivity index (χ0) is 26.7. The number of carbonyl (C=O) groups is 1. The van der Waals surface area contributed by atoms with Crippen LogP contribution in [0.15, 0.2) is 71.5 Å². The van der Waals surface area contributed by atoms with Gasteiger partial charge < -0.3 is 9.88 Å². The fraction of sp³-hybridized carbons (Fsp3) is 0.179. The van der Waals surface area contributed by atoms with Gasteiger partial charge in [0.05, 0.1) is 23.0 Å². The van der Waals surface area contributed by atoms with Crippen molar-refractivity contribution in [2.75, 3.05) is 17.7 Å². The molecule has 0 saturated heterocycles. The van der Waals surface area contributed by atoms with Crippen LogP contribution in [0.2, 0.25) is 0 Å². The van der Waals surface area contributed by atoms with Crippen molar-refractivity contribution < 1.29 is 17.6 Å². The van der Waals surface area contributed by atoms with E-state index in [4.69, 9.17) is 6.42 Å². The number of carbonyl (C=O) groups excluding carboxylic acids is 1. The second-order valence-corrected chi connectivity index (χ2v) is 10.8. The average molecular weight is 518 g/mol. The Morgan fingerprint density at radius 2 is 1.86 bits per heavy atom. The molecular weight excluding hydrogens is 493 g/mol. The largest absolute Gasteiger partial charge is 0.356 e. The minimum absolute atomic E-state index is 0.128. The van der Waals surface area contributed by atoms with Crippen LogP contribution in [0.5, 0.6) is 0 Å². The molecule has 0 fully saturated rings. The Bertz CT molecular complexity index is 1690. The Morgan fingerprint density at radius 1 is 1.14 bits per heavy atom. The molecule has 4 aromatic rings. The Labute approximate surface area is 213 Å². The highest BCUT2D eigenvalue weighted by Gasteiger charge is 2.33. The summed E-state index contributed by atoms with van der Waals surface area (Å²) in [6, 6.07) is 17.2. The molecule has 9 heteroatoms. The molecule has 188 valence electrons. The van der Waals surface area contributed by atoms with E-state index in [1.54, 1.807) is 42.2 Å². The summed E-state index contributed by atoms with van der Waals surface area (Å²) in [4.78, 5) is 34.2. The number of fused-ring (bicyclic) bond motifs is 1. The van der Waals surface area contributed by atoms with Crippen LogP contribution in [-0.2, 0) is 16.4 Å². The quantitative estimate of drug-likeness (QED) is 0.280. The minimum Gasteiger partial charge on any atom is -0.356 e. The molecule has 1 atom stereocenters. The van der Waals surface area contributed by atoms with E-state index >= 15 is 4.39 Å². The normalized spacial score (nSPS) is 12.2. The molecule has 1 heterocycles. The maximum absolute atomic E-state index is 15.3. The van der Waals surface area contributed by atoms with Crippen molar-refractivity contribution in [3.8, 4) is 12.3 Å². The van der Waals surface area contributed by atoms with E-state index in [0.717, 1.165) is 17.9 Å². The summed E-state index contributed by atoms with van der Waals surface area (Å²) in [5.74, 6) is 1.34. The Hall–Kier alpha value is -4.29. The summed E-state index contributed by atoms with van der Waals surface area (Å²) in [5, 5.41) is -1.10. The molecule has 0 radical (unpaired) electrons. The molecule has 0 amide bonds. The highest BCUT2D eigenvalue weighted by atomic mass is 32.2. The minimum atomic E-state index is -3.87. The smallest absolute Gasteiger partial charge is 0.258 e. The van der Waals surface area contributed by atoms with Gasteiger partial charge in [0.15, 0.2) is 15.6 Å². The van der Waals surface area contributed by atoms with Gasteiger partial charge in [-0.2, -0.15) is 0 Å². The average Bonchev–Trinajstić information content (AvgIpc) is 2.84. The molecule has 4 rings (SSSR count). The number of hydrogen-bond acceptors (Lipinski definition) is 6. The fourth-order valence-electron chi connectivity index (χ4n) is 4.23. The maximum Gasteiger partial charge on any atom is 0.258 e. The summed E-state index contributed by atoms with van der Waals surface area (Å²) >= 11 is 0. The number of aryl methyl sites for hydroxylation is 1.